The highest BCUT2D eigenvalue weighted by molar-refractivity contribution is 7.80. The SMILES string of the molecule is CCC(CC)C(=O)Nc1cc(CC(=S)OC(C)(C)C)c(Cl)cc1F. The second-order valence-electron chi connectivity index (χ2n) is 6.69. The van der Waals surface area contributed by atoms with Crippen LogP contribution in [0.15, 0.2) is 12.1 Å². The molecule has 0 aromatic heterocycles. The van der Waals surface area contributed by atoms with Crippen LogP contribution < -0.4 is 5.32 Å². The zero-order chi connectivity index (χ0) is 18.5. The molecule has 1 amide bonds. The Hall–Kier alpha value is -1.20. The fraction of sp³-hybridized carbons (Fsp3) is 0.556. The lowest BCUT2D eigenvalue weighted by molar-refractivity contribution is -0.120. The van der Waals surface area contributed by atoms with E-state index in [1.165, 1.54) is 12.1 Å². The number of anilines is 1. The van der Waals surface area contributed by atoms with Crippen molar-refractivity contribution in [1.82, 2.24) is 0 Å². The molecule has 0 unspecified atom stereocenters. The van der Waals surface area contributed by atoms with Gasteiger partial charge in [-0.05, 0) is 63.5 Å². The van der Waals surface area contributed by atoms with Crippen molar-refractivity contribution in [1.29, 1.82) is 0 Å². The summed E-state index contributed by atoms with van der Waals surface area (Å²) in [6.07, 6.45) is 1.68. The predicted molar refractivity (Wildman–Crippen MR) is 101 cm³/mol. The Balaban J connectivity index is 2.97. The number of amides is 1. The molecule has 0 saturated carbocycles. The maximum atomic E-state index is 14.1. The second-order valence-corrected chi connectivity index (χ2v) is 7.55. The lowest BCUT2D eigenvalue weighted by Crippen LogP contribution is -2.24. The van der Waals surface area contributed by atoms with E-state index in [4.69, 9.17) is 28.6 Å². The molecule has 0 aliphatic heterocycles. The Bertz CT molecular complexity index is 610. The van der Waals surface area contributed by atoms with Gasteiger partial charge in [0.15, 0.2) is 5.05 Å². The minimum atomic E-state index is -0.564. The molecule has 134 valence electrons. The minimum absolute atomic E-state index is 0.116. The monoisotopic (exact) mass is 373 g/mol. The minimum Gasteiger partial charge on any atom is -0.481 e. The molecule has 0 radical (unpaired) electrons. The van der Waals surface area contributed by atoms with Crippen molar-refractivity contribution in [2.45, 2.75) is 59.5 Å². The Morgan fingerprint density at radius 3 is 2.42 bits per heavy atom. The molecule has 1 aromatic carbocycles. The Labute approximate surface area is 153 Å². The van der Waals surface area contributed by atoms with Gasteiger partial charge in [0, 0.05) is 17.4 Å². The molecular weight excluding hydrogens is 349 g/mol. The molecule has 0 atom stereocenters. The van der Waals surface area contributed by atoms with Crippen LogP contribution in [0.4, 0.5) is 10.1 Å². The second kappa shape index (κ2) is 8.77. The summed E-state index contributed by atoms with van der Waals surface area (Å²) in [6.45, 7) is 9.55. The molecule has 0 aliphatic rings. The van der Waals surface area contributed by atoms with E-state index in [2.05, 4.69) is 5.32 Å². The third kappa shape index (κ3) is 6.36. The number of carbonyl (C=O) groups is 1. The van der Waals surface area contributed by atoms with Gasteiger partial charge in [0.05, 0.1) is 5.69 Å². The van der Waals surface area contributed by atoms with Gasteiger partial charge < -0.3 is 10.1 Å². The highest BCUT2D eigenvalue weighted by Crippen LogP contribution is 2.26. The highest BCUT2D eigenvalue weighted by atomic mass is 35.5. The number of nitrogens with one attached hydrogen (secondary N) is 1. The number of hydrogen-bond acceptors (Lipinski definition) is 3. The average molecular weight is 374 g/mol. The summed E-state index contributed by atoms with van der Waals surface area (Å²) in [7, 11) is 0. The van der Waals surface area contributed by atoms with Gasteiger partial charge in [-0.25, -0.2) is 4.39 Å². The molecule has 0 heterocycles. The van der Waals surface area contributed by atoms with E-state index in [0.717, 1.165) is 0 Å². The molecule has 0 aliphatic carbocycles. The maximum absolute atomic E-state index is 14.1. The van der Waals surface area contributed by atoms with E-state index in [1.54, 1.807) is 0 Å². The van der Waals surface area contributed by atoms with Gasteiger partial charge >= 0.3 is 0 Å². The van der Waals surface area contributed by atoms with E-state index in [-0.39, 0.29) is 29.0 Å². The van der Waals surface area contributed by atoms with Crippen molar-refractivity contribution >= 4 is 40.5 Å². The standard InChI is InChI=1S/C18H25ClFNO2S/c1-6-11(7-2)17(22)21-15-8-12(13(19)10-14(15)20)9-16(24)23-18(3,4)5/h8,10-11H,6-7,9H2,1-5H3,(H,21,22). The highest BCUT2D eigenvalue weighted by Gasteiger charge is 2.19. The van der Waals surface area contributed by atoms with Crippen LogP contribution in [-0.4, -0.2) is 16.6 Å². The number of carbonyl (C=O) groups excluding carboxylic acids is 1. The van der Waals surface area contributed by atoms with Crippen molar-refractivity contribution < 1.29 is 13.9 Å². The fourth-order valence-electron chi connectivity index (χ4n) is 2.25. The van der Waals surface area contributed by atoms with E-state index in [1.807, 2.05) is 34.6 Å². The Morgan fingerprint density at radius 1 is 1.33 bits per heavy atom. The first kappa shape index (κ1) is 20.8. The summed E-state index contributed by atoms with van der Waals surface area (Å²) in [5.41, 5.74) is 0.327. The Kier molecular flexibility index (Phi) is 7.61. The predicted octanol–water partition coefficient (Wildman–Crippen LogP) is 5.54. The topological polar surface area (TPSA) is 38.3 Å². The summed E-state index contributed by atoms with van der Waals surface area (Å²) < 4.78 is 19.7. The third-order valence-electron chi connectivity index (χ3n) is 3.51. The first-order valence-corrected chi connectivity index (χ1v) is 8.86. The van der Waals surface area contributed by atoms with Gasteiger partial charge in [0.2, 0.25) is 5.91 Å². The fourth-order valence-corrected chi connectivity index (χ4v) is 2.88. The average Bonchev–Trinajstić information content (AvgIpc) is 2.43. The summed E-state index contributed by atoms with van der Waals surface area (Å²) >= 11 is 11.3. The zero-order valence-corrected chi connectivity index (χ0v) is 16.4. The summed E-state index contributed by atoms with van der Waals surface area (Å²) in [5, 5.41) is 3.27. The molecule has 0 bridgehead atoms. The van der Waals surface area contributed by atoms with Gasteiger partial charge in [-0.1, -0.05) is 25.4 Å². The third-order valence-corrected chi connectivity index (χ3v) is 4.08. The number of rotatable bonds is 6. The van der Waals surface area contributed by atoms with E-state index >= 15 is 0 Å². The molecule has 0 saturated heterocycles. The number of halogens is 2. The van der Waals surface area contributed by atoms with Crippen LogP contribution in [-0.2, 0) is 16.0 Å². The van der Waals surface area contributed by atoms with Crippen LogP contribution in [0.1, 0.15) is 53.0 Å². The lowest BCUT2D eigenvalue weighted by atomic mass is 10.0. The van der Waals surface area contributed by atoms with Crippen molar-refractivity contribution in [2.24, 2.45) is 5.92 Å². The summed E-state index contributed by atoms with van der Waals surface area (Å²) in [6, 6.07) is 2.72. The van der Waals surface area contributed by atoms with Gasteiger partial charge in [-0.15, -0.1) is 0 Å². The molecule has 24 heavy (non-hydrogen) atoms. The maximum Gasteiger partial charge on any atom is 0.227 e. The molecule has 0 spiro atoms. The first-order valence-electron chi connectivity index (χ1n) is 8.08. The van der Waals surface area contributed by atoms with Crippen LogP contribution in [0.5, 0.6) is 0 Å². The van der Waals surface area contributed by atoms with E-state index < -0.39 is 11.4 Å². The van der Waals surface area contributed by atoms with Crippen molar-refractivity contribution in [3.8, 4) is 0 Å². The van der Waals surface area contributed by atoms with Gasteiger partial charge in [0.25, 0.3) is 0 Å². The smallest absolute Gasteiger partial charge is 0.227 e. The Morgan fingerprint density at radius 2 is 1.92 bits per heavy atom. The number of ether oxygens (including phenoxy) is 1. The zero-order valence-electron chi connectivity index (χ0n) is 14.8. The van der Waals surface area contributed by atoms with Crippen LogP contribution in [0.2, 0.25) is 5.02 Å². The van der Waals surface area contributed by atoms with Crippen LogP contribution in [0.3, 0.4) is 0 Å². The molecule has 1 aromatic rings. The molecule has 1 rings (SSSR count). The number of benzene rings is 1. The number of thiocarbonyl (C=S) groups is 1. The largest absolute Gasteiger partial charge is 0.481 e. The number of hydrogen-bond donors (Lipinski definition) is 1. The van der Waals surface area contributed by atoms with E-state index in [0.29, 0.717) is 23.5 Å². The lowest BCUT2D eigenvalue weighted by Gasteiger charge is -2.22. The van der Waals surface area contributed by atoms with Crippen LogP contribution in [0.25, 0.3) is 0 Å². The van der Waals surface area contributed by atoms with Gasteiger partial charge in [-0.2, -0.15) is 0 Å². The van der Waals surface area contributed by atoms with Gasteiger partial charge in [0.1, 0.15) is 11.4 Å². The van der Waals surface area contributed by atoms with Crippen molar-refractivity contribution in [3.63, 3.8) is 0 Å². The quantitative estimate of drug-likeness (QED) is 0.665. The summed E-state index contributed by atoms with van der Waals surface area (Å²) in [4.78, 5) is 12.2. The molecule has 6 heteroatoms. The van der Waals surface area contributed by atoms with Gasteiger partial charge in [-0.3, -0.25) is 4.79 Å². The molecule has 3 nitrogen and oxygen atoms in total. The molecule has 0 fully saturated rings. The van der Waals surface area contributed by atoms with Crippen LogP contribution >= 0.6 is 23.8 Å². The van der Waals surface area contributed by atoms with Crippen LogP contribution in [0, 0.1) is 11.7 Å². The van der Waals surface area contributed by atoms with Crippen molar-refractivity contribution in [3.05, 3.63) is 28.5 Å². The normalized spacial score (nSPS) is 11.5. The summed E-state index contributed by atoms with van der Waals surface area (Å²) in [5.74, 6) is -0.903. The van der Waals surface area contributed by atoms with E-state index in [9.17, 15) is 9.18 Å². The first-order chi connectivity index (χ1) is 11.1. The molecule has 1 N–H and O–H groups in total. The molecular formula is C18H25ClFNO2S. The van der Waals surface area contributed by atoms with Crippen molar-refractivity contribution in [2.75, 3.05) is 5.32 Å².